The number of rotatable bonds is 7. The monoisotopic (exact) mass is 367 g/mol. The van der Waals surface area contributed by atoms with Gasteiger partial charge in [-0.25, -0.2) is 18.7 Å². The average Bonchev–Trinajstić information content (AvgIpc) is 3.05. The van der Waals surface area contributed by atoms with Crippen LogP contribution in [0.5, 0.6) is 0 Å². The third kappa shape index (κ3) is 3.76. The van der Waals surface area contributed by atoms with Crippen molar-refractivity contribution in [2.45, 2.75) is 44.5 Å². The molecule has 0 aliphatic rings. The van der Waals surface area contributed by atoms with Crippen LogP contribution in [-0.4, -0.2) is 54.8 Å². The first-order valence-electron chi connectivity index (χ1n) is 8.37. The minimum absolute atomic E-state index is 0.00878. The molecular formula is C17H23F2N5O2. The summed E-state index contributed by atoms with van der Waals surface area (Å²) in [6.45, 7) is 1.87. The first-order chi connectivity index (χ1) is 12.4. The van der Waals surface area contributed by atoms with E-state index >= 15 is 4.39 Å². The minimum Gasteiger partial charge on any atom is -0.396 e. The van der Waals surface area contributed by atoms with E-state index < -0.39 is 37.0 Å². The average molecular weight is 367 g/mol. The molecule has 0 saturated carbocycles. The zero-order chi connectivity index (χ0) is 19.3. The van der Waals surface area contributed by atoms with Gasteiger partial charge >= 0.3 is 0 Å². The van der Waals surface area contributed by atoms with Crippen molar-refractivity contribution in [3.8, 4) is 11.8 Å². The number of aliphatic hydroxyl groups is 2. The van der Waals surface area contributed by atoms with Gasteiger partial charge in [0.2, 0.25) is 11.6 Å². The highest BCUT2D eigenvalue weighted by Gasteiger charge is 2.47. The molecule has 4 N–H and O–H groups in total. The number of anilines is 1. The SMILES string of the molecule is CCCC(CO)C(O)C(F)(C#CCF)C(C)n1cnc2cnc(N)nc21. The highest BCUT2D eigenvalue weighted by atomic mass is 19.1. The number of halogens is 2. The van der Waals surface area contributed by atoms with Gasteiger partial charge in [-0.1, -0.05) is 25.2 Å². The summed E-state index contributed by atoms with van der Waals surface area (Å²) in [5.74, 6) is 3.53. The zero-order valence-corrected chi connectivity index (χ0v) is 14.7. The van der Waals surface area contributed by atoms with Gasteiger partial charge in [-0.2, -0.15) is 4.98 Å². The van der Waals surface area contributed by atoms with E-state index in [2.05, 4.69) is 26.8 Å². The van der Waals surface area contributed by atoms with Crippen molar-refractivity contribution < 1.29 is 19.0 Å². The first kappa shape index (κ1) is 20.0. The van der Waals surface area contributed by atoms with Crippen LogP contribution in [0.15, 0.2) is 12.5 Å². The van der Waals surface area contributed by atoms with E-state index in [0.29, 0.717) is 18.4 Å². The lowest BCUT2D eigenvalue weighted by atomic mass is 9.82. The van der Waals surface area contributed by atoms with E-state index in [9.17, 15) is 14.6 Å². The molecule has 2 aromatic rings. The highest BCUT2D eigenvalue weighted by Crippen LogP contribution is 2.36. The van der Waals surface area contributed by atoms with Crippen LogP contribution in [-0.2, 0) is 0 Å². The molecule has 0 aliphatic heterocycles. The molecule has 142 valence electrons. The molecule has 7 nitrogen and oxygen atoms in total. The number of hydrogen-bond acceptors (Lipinski definition) is 6. The van der Waals surface area contributed by atoms with Crippen LogP contribution in [0.3, 0.4) is 0 Å². The predicted molar refractivity (Wildman–Crippen MR) is 93.5 cm³/mol. The summed E-state index contributed by atoms with van der Waals surface area (Å²) in [4.78, 5) is 12.0. The molecule has 0 amide bonds. The lowest BCUT2D eigenvalue weighted by Crippen LogP contribution is -2.48. The summed E-state index contributed by atoms with van der Waals surface area (Å²) < 4.78 is 29.9. The number of hydrogen-bond donors (Lipinski definition) is 3. The first-order valence-corrected chi connectivity index (χ1v) is 8.37. The number of imidazole rings is 1. The Kier molecular flexibility index (Phi) is 6.45. The Morgan fingerprint density at radius 2 is 2.15 bits per heavy atom. The quantitative estimate of drug-likeness (QED) is 0.639. The predicted octanol–water partition coefficient (Wildman–Crippen LogP) is 1.42. The number of nitrogens with two attached hydrogens (primary N) is 1. The molecule has 0 fully saturated rings. The van der Waals surface area contributed by atoms with Gasteiger partial charge < -0.3 is 20.5 Å². The third-order valence-corrected chi connectivity index (χ3v) is 4.48. The van der Waals surface area contributed by atoms with Gasteiger partial charge in [0.25, 0.3) is 0 Å². The van der Waals surface area contributed by atoms with Crippen molar-refractivity contribution in [2.75, 3.05) is 19.0 Å². The van der Waals surface area contributed by atoms with Crippen LogP contribution < -0.4 is 5.73 Å². The van der Waals surface area contributed by atoms with Crippen LogP contribution in [0.2, 0.25) is 0 Å². The van der Waals surface area contributed by atoms with Crippen LogP contribution in [0.4, 0.5) is 14.7 Å². The van der Waals surface area contributed by atoms with Crippen molar-refractivity contribution in [1.82, 2.24) is 19.5 Å². The zero-order valence-electron chi connectivity index (χ0n) is 14.7. The van der Waals surface area contributed by atoms with Gasteiger partial charge in [0.1, 0.15) is 18.3 Å². The normalized spacial score (nSPS) is 17.2. The molecule has 2 aromatic heterocycles. The van der Waals surface area contributed by atoms with E-state index in [-0.39, 0.29) is 11.6 Å². The highest BCUT2D eigenvalue weighted by molar-refractivity contribution is 5.70. The smallest absolute Gasteiger partial charge is 0.222 e. The molecule has 4 atom stereocenters. The second-order valence-electron chi connectivity index (χ2n) is 6.14. The van der Waals surface area contributed by atoms with Gasteiger partial charge in [-0.15, -0.1) is 0 Å². The lowest BCUT2D eigenvalue weighted by molar-refractivity contribution is -0.0509. The van der Waals surface area contributed by atoms with E-state index in [4.69, 9.17) is 5.73 Å². The van der Waals surface area contributed by atoms with Crippen molar-refractivity contribution >= 4 is 17.1 Å². The van der Waals surface area contributed by atoms with E-state index in [0.717, 1.165) is 0 Å². The Morgan fingerprint density at radius 1 is 1.42 bits per heavy atom. The molecule has 0 bridgehead atoms. The number of nitrogen functional groups attached to an aromatic ring is 1. The second kappa shape index (κ2) is 8.38. The van der Waals surface area contributed by atoms with Crippen molar-refractivity contribution in [3.05, 3.63) is 12.5 Å². The summed E-state index contributed by atoms with van der Waals surface area (Å²) in [6, 6.07) is -1.07. The Bertz CT molecular complexity index is 803. The standard InChI is InChI=1S/C17H23F2N5O2/c1-3-5-12(9-25)14(26)17(19,6-4-7-18)11(2)24-10-22-13-8-21-16(20)23-15(13)24/h8,10-12,14,25-26H,3,5,7,9H2,1-2H3,(H2,20,21,23). The molecule has 26 heavy (non-hydrogen) atoms. The number of alkyl halides is 2. The largest absolute Gasteiger partial charge is 0.396 e. The molecule has 4 unspecified atom stereocenters. The second-order valence-corrected chi connectivity index (χ2v) is 6.14. The van der Waals surface area contributed by atoms with Crippen molar-refractivity contribution in [1.29, 1.82) is 0 Å². The van der Waals surface area contributed by atoms with Crippen molar-refractivity contribution in [2.24, 2.45) is 5.92 Å². The fourth-order valence-electron chi connectivity index (χ4n) is 2.98. The maximum Gasteiger partial charge on any atom is 0.222 e. The maximum absolute atomic E-state index is 15.9. The number of aliphatic hydroxyl groups excluding tert-OH is 2. The number of nitrogens with zero attached hydrogens (tertiary/aromatic N) is 4. The molecule has 0 saturated heterocycles. The summed E-state index contributed by atoms with van der Waals surface area (Å²) >= 11 is 0. The fourth-order valence-corrected chi connectivity index (χ4v) is 2.98. The lowest BCUT2D eigenvalue weighted by Gasteiger charge is -2.35. The van der Waals surface area contributed by atoms with E-state index in [1.165, 1.54) is 24.0 Å². The van der Waals surface area contributed by atoms with Gasteiger partial charge in [-0.3, -0.25) is 0 Å². The molecule has 2 heterocycles. The van der Waals surface area contributed by atoms with Crippen LogP contribution >= 0.6 is 0 Å². The molecule has 0 aliphatic carbocycles. The van der Waals surface area contributed by atoms with Gasteiger partial charge in [0, 0.05) is 12.5 Å². The van der Waals surface area contributed by atoms with E-state index in [1.807, 2.05) is 6.92 Å². The molecule has 9 heteroatoms. The van der Waals surface area contributed by atoms with Crippen LogP contribution in [0, 0.1) is 17.8 Å². The fraction of sp³-hybridized carbons (Fsp3) is 0.588. The summed E-state index contributed by atoms with van der Waals surface area (Å²) in [6.07, 6.45) is 2.15. The third-order valence-electron chi connectivity index (χ3n) is 4.48. The van der Waals surface area contributed by atoms with Crippen molar-refractivity contribution in [3.63, 3.8) is 0 Å². The molecule has 0 spiro atoms. The Hall–Kier alpha value is -2.31. The summed E-state index contributed by atoms with van der Waals surface area (Å²) in [5.41, 5.74) is 3.74. The van der Waals surface area contributed by atoms with Crippen LogP contribution in [0.1, 0.15) is 32.7 Å². The molecular weight excluding hydrogens is 344 g/mol. The summed E-state index contributed by atoms with van der Waals surface area (Å²) in [5, 5.41) is 20.2. The Balaban J connectivity index is 2.52. The molecule has 2 rings (SSSR count). The minimum atomic E-state index is -2.53. The van der Waals surface area contributed by atoms with Gasteiger partial charge in [0.05, 0.1) is 18.6 Å². The molecule has 0 radical (unpaired) electrons. The Morgan fingerprint density at radius 3 is 2.77 bits per heavy atom. The maximum atomic E-state index is 15.9. The Labute approximate surface area is 150 Å². The molecule has 0 aromatic carbocycles. The van der Waals surface area contributed by atoms with E-state index in [1.54, 1.807) is 0 Å². The van der Waals surface area contributed by atoms with Crippen LogP contribution in [0.25, 0.3) is 11.2 Å². The summed E-state index contributed by atoms with van der Waals surface area (Å²) in [7, 11) is 0. The van der Waals surface area contributed by atoms with Gasteiger partial charge in [0.15, 0.2) is 5.65 Å². The van der Waals surface area contributed by atoms with Gasteiger partial charge in [-0.05, 0) is 13.3 Å². The number of aromatic nitrogens is 4. The number of fused-ring (bicyclic) bond motifs is 1. The topological polar surface area (TPSA) is 110 Å².